The van der Waals surface area contributed by atoms with Crippen molar-refractivity contribution in [2.24, 2.45) is 0 Å². The van der Waals surface area contributed by atoms with Crippen molar-refractivity contribution < 1.29 is 4.79 Å². The zero-order valence-electron chi connectivity index (χ0n) is 11.2. The minimum atomic E-state index is -0.468. The monoisotopic (exact) mass is 316 g/mol. The number of halogens is 1. The first-order valence-electron chi connectivity index (χ1n) is 6.80. The van der Waals surface area contributed by atoms with Crippen molar-refractivity contribution in [3.05, 3.63) is 64.7 Å². The Morgan fingerprint density at radius 2 is 2.00 bits per heavy atom. The van der Waals surface area contributed by atoms with E-state index < -0.39 is 4.87 Å². The molecule has 2 heterocycles. The standard InChI is InChI=1S/C16H13ClN2OS/c17-12-6-7-14-13(10-12)16(11-4-2-1-3-5-11)19(8-9-21-16)15(20)18-14/h1-7,10H,8-9H2,(H,18,20). The van der Waals surface area contributed by atoms with Crippen LogP contribution in [0, 0.1) is 0 Å². The molecule has 1 unspecified atom stereocenters. The molecule has 0 aromatic heterocycles. The lowest BCUT2D eigenvalue weighted by Gasteiger charge is -2.43. The number of rotatable bonds is 1. The van der Waals surface area contributed by atoms with Crippen LogP contribution in [-0.4, -0.2) is 23.2 Å². The number of nitrogens with zero attached hydrogens (tertiary/aromatic N) is 1. The molecule has 5 heteroatoms. The largest absolute Gasteiger partial charge is 0.323 e. The van der Waals surface area contributed by atoms with Crippen LogP contribution in [0.15, 0.2) is 48.5 Å². The number of nitrogens with one attached hydrogen (secondary N) is 1. The van der Waals surface area contributed by atoms with E-state index in [0.29, 0.717) is 5.02 Å². The number of anilines is 1. The van der Waals surface area contributed by atoms with Crippen molar-refractivity contribution in [3.63, 3.8) is 0 Å². The van der Waals surface area contributed by atoms with E-state index in [1.807, 2.05) is 41.3 Å². The number of fused-ring (bicyclic) bond motifs is 3. The van der Waals surface area contributed by atoms with Crippen LogP contribution in [0.25, 0.3) is 0 Å². The topological polar surface area (TPSA) is 32.3 Å². The summed E-state index contributed by atoms with van der Waals surface area (Å²) in [5.74, 6) is 0.911. The highest BCUT2D eigenvalue weighted by molar-refractivity contribution is 8.00. The number of hydrogen-bond acceptors (Lipinski definition) is 2. The molecule has 1 N–H and O–H groups in total. The zero-order valence-corrected chi connectivity index (χ0v) is 12.7. The Labute approximate surface area is 132 Å². The van der Waals surface area contributed by atoms with Gasteiger partial charge in [0.25, 0.3) is 0 Å². The Bertz CT molecular complexity index is 721. The van der Waals surface area contributed by atoms with Crippen LogP contribution < -0.4 is 5.32 Å². The molecule has 21 heavy (non-hydrogen) atoms. The van der Waals surface area contributed by atoms with E-state index in [1.54, 1.807) is 11.8 Å². The molecule has 3 nitrogen and oxygen atoms in total. The van der Waals surface area contributed by atoms with E-state index in [2.05, 4.69) is 17.4 Å². The number of hydrogen-bond donors (Lipinski definition) is 1. The Balaban J connectivity index is 2.02. The fraction of sp³-hybridized carbons (Fsp3) is 0.188. The Kier molecular flexibility index (Phi) is 2.91. The molecule has 4 rings (SSSR count). The highest BCUT2D eigenvalue weighted by Crippen LogP contribution is 2.54. The third kappa shape index (κ3) is 1.79. The lowest BCUT2D eigenvalue weighted by Crippen LogP contribution is -2.50. The van der Waals surface area contributed by atoms with Gasteiger partial charge in [-0.2, -0.15) is 0 Å². The Morgan fingerprint density at radius 1 is 1.19 bits per heavy atom. The molecule has 1 fully saturated rings. The van der Waals surface area contributed by atoms with E-state index in [0.717, 1.165) is 29.1 Å². The van der Waals surface area contributed by atoms with Crippen molar-refractivity contribution in [2.75, 3.05) is 17.6 Å². The number of benzene rings is 2. The van der Waals surface area contributed by atoms with Gasteiger partial charge in [0.05, 0.1) is 0 Å². The summed E-state index contributed by atoms with van der Waals surface area (Å²) in [7, 11) is 0. The first kappa shape index (κ1) is 13.0. The van der Waals surface area contributed by atoms with E-state index in [1.165, 1.54) is 0 Å². The summed E-state index contributed by atoms with van der Waals surface area (Å²) < 4.78 is 0. The van der Waals surface area contributed by atoms with Gasteiger partial charge in [0.1, 0.15) is 4.87 Å². The molecule has 2 amide bonds. The van der Waals surface area contributed by atoms with Crippen LogP contribution in [0.5, 0.6) is 0 Å². The van der Waals surface area contributed by atoms with Crippen LogP contribution in [0.3, 0.4) is 0 Å². The molecule has 0 saturated carbocycles. The minimum absolute atomic E-state index is 0.0429. The molecule has 0 radical (unpaired) electrons. The lowest BCUT2D eigenvalue weighted by molar-refractivity contribution is 0.195. The van der Waals surface area contributed by atoms with Gasteiger partial charge < -0.3 is 10.2 Å². The summed E-state index contributed by atoms with van der Waals surface area (Å²) in [5.41, 5.74) is 3.02. The Hall–Kier alpha value is -1.65. The fourth-order valence-corrected chi connectivity index (χ4v) is 4.83. The van der Waals surface area contributed by atoms with Crippen molar-refractivity contribution >= 4 is 35.1 Å². The molecule has 106 valence electrons. The quantitative estimate of drug-likeness (QED) is 0.857. The van der Waals surface area contributed by atoms with Gasteiger partial charge in [-0.15, -0.1) is 11.8 Å². The SMILES string of the molecule is O=C1Nc2ccc(Cl)cc2C2(c3ccccc3)SCCN12. The molecule has 2 aromatic rings. The van der Waals surface area contributed by atoms with Crippen molar-refractivity contribution in [1.29, 1.82) is 0 Å². The van der Waals surface area contributed by atoms with E-state index in [4.69, 9.17) is 11.6 Å². The molecule has 1 saturated heterocycles. The maximum Gasteiger partial charge on any atom is 0.323 e. The third-order valence-electron chi connectivity index (χ3n) is 4.00. The van der Waals surface area contributed by atoms with Crippen LogP contribution in [0.1, 0.15) is 11.1 Å². The summed E-state index contributed by atoms with van der Waals surface area (Å²) in [6, 6.07) is 15.8. The predicted octanol–water partition coefficient (Wildman–Crippen LogP) is 4.14. The molecule has 0 spiro atoms. The number of thioether (sulfide) groups is 1. The smallest absolute Gasteiger partial charge is 0.307 e. The fourth-order valence-electron chi connectivity index (χ4n) is 3.13. The second-order valence-electron chi connectivity index (χ2n) is 5.13. The highest BCUT2D eigenvalue weighted by atomic mass is 35.5. The average molecular weight is 317 g/mol. The van der Waals surface area contributed by atoms with Crippen molar-refractivity contribution in [1.82, 2.24) is 4.90 Å². The zero-order chi connectivity index (χ0) is 14.4. The molecule has 0 bridgehead atoms. The van der Waals surface area contributed by atoms with Gasteiger partial charge in [-0.05, 0) is 23.8 Å². The lowest BCUT2D eigenvalue weighted by atomic mass is 9.93. The molecular formula is C16H13ClN2OS. The molecule has 2 aromatic carbocycles. The van der Waals surface area contributed by atoms with Gasteiger partial charge in [-0.1, -0.05) is 41.9 Å². The normalized spacial score (nSPS) is 23.5. The van der Waals surface area contributed by atoms with E-state index >= 15 is 0 Å². The van der Waals surface area contributed by atoms with Crippen molar-refractivity contribution in [3.8, 4) is 0 Å². The van der Waals surface area contributed by atoms with Gasteiger partial charge in [-0.25, -0.2) is 4.79 Å². The van der Waals surface area contributed by atoms with Gasteiger partial charge in [0, 0.05) is 28.6 Å². The Morgan fingerprint density at radius 3 is 2.81 bits per heavy atom. The molecule has 1 atom stereocenters. The summed E-state index contributed by atoms with van der Waals surface area (Å²) in [6.45, 7) is 0.733. The number of amides is 2. The first-order valence-corrected chi connectivity index (χ1v) is 8.16. The van der Waals surface area contributed by atoms with Gasteiger partial charge in [-0.3, -0.25) is 0 Å². The van der Waals surface area contributed by atoms with Crippen LogP contribution >= 0.6 is 23.4 Å². The summed E-state index contributed by atoms with van der Waals surface area (Å²) in [5, 5.41) is 3.66. The average Bonchev–Trinajstić information content (AvgIpc) is 2.96. The van der Waals surface area contributed by atoms with Crippen molar-refractivity contribution in [2.45, 2.75) is 4.87 Å². The van der Waals surface area contributed by atoms with E-state index in [-0.39, 0.29) is 6.03 Å². The number of carbonyl (C=O) groups is 1. The van der Waals surface area contributed by atoms with Gasteiger partial charge >= 0.3 is 6.03 Å². The minimum Gasteiger partial charge on any atom is -0.307 e. The number of carbonyl (C=O) groups excluding carboxylic acids is 1. The molecule has 2 aliphatic heterocycles. The molecular weight excluding hydrogens is 304 g/mol. The molecule has 2 aliphatic rings. The van der Waals surface area contributed by atoms with Crippen LogP contribution in [0.2, 0.25) is 5.02 Å². The van der Waals surface area contributed by atoms with Gasteiger partial charge in [0.2, 0.25) is 0 Å². The van der Waals surface area contributed by atoms with E-state index in [9.17, 15) is 4.79 Å². The molecule has 0 aliphatic carbocycles. The first-order chi connectivity index (χ1) is 10.2. The summed E-state index contributed by atoms with van der Waals surface area (Å²) in [4.78, 5) is 13.9. The maximum absolute atomic E-state index is 12.5. The third-order valence-corrected chi connectivity index (χ3v) is 5.72. The summed E-state index contributed by atoms with van der Waals surface area (Å²) in [6.07, 6.45) is 0. The van der Waals surface area contributed by atoms with Crippen LogP contribution in [0.4, 0.5) is 10.5 Å². The predicted molar refractivity (Wildman–Crippen MR) is 86.9 cm³/mol. The number of urea groups is 1. The second-order valence-corrected chi connectivity index (χ2v) is 6.85. The van der Waals surface area contributed by atoms with Gasteiger partial charge in [0.15, 0.2) is 0 Å². The summed E-state index contributed by atoms with van der Waals surface area (Å²) >= 11 is 8.00. The van der Waals surface area contributed by atoms with Crippen LogP contribution in [-0.2, 0) is 4.87 Å². The highest BCUT2D eigenvalue weighted by Gasteiger charge is 2.51. The maximum atomic E-state index is 12.5. The second kappa shape index (κ2) is 4.68.